The van der Waals surface area contributed by atoms with Crippen molar-refractivity contribution < 1.29 is 9.13 Å². The smallest absolute Gasteiger partial charge is 0.133 e. The monoisotopic (exact) mass is 356 g/mol. The van der Waals surface area contributed by atoms with Crippen LogP contribution in [0.1, 0.15) is 29.8 Å². The van der Waals surface area contributed by atoms with Crippen LogP contribution in [0.25, 0.3) is 0 Å². The van der Waals surface area contributed by atoms with E-state index >= 15 is 0 Å². The zero-order chi connectivity index (χ0) is 14.5. The summed E-state index contributed by atoms with van der Waals surface area (Å²) >= 11 is 9.88. The summed E-state index contributed by atoms with van der Waals surface area (Å²) in [6.07, 6.45) is 0.954. The molecule has 0 aromatic heterocycles. The topological polar surface area (TPSA) is 9.23 Å². The highest BCUT2D eigenvalue weighted by atomic mass is 79.9. The quantitative estimate of drug-likeness (QED) is 0.623. The van der Waals surface area contributed by atoms with Crippen molar-refractivity contribution in [2.75, 3.05) is 6.61 Å². The molecule has 0 fully saturated rings. The number of halogens is 3. The molecule has 0 saturated heterocycles. The maximum atomic E-state index is 13.2. The van der Waals surface area contributed by atoms with E-state index in [0.29, 0.717) is 6.61 Å². The van der Waals surface area contributed by atoms with Gasteiger partial charge in [-0.15, -0.1) is 11.6 Å². The third kappa shape index (κ3) is 3.74. The van der Waals surface area contributed by atoms with Crippen LogP contribution in [0.2, 0.25) is 0 Å². The molecule has 0 aliphatic heterocycles. The zero-order valence-electron chi connectivity index (χ0n) is 11.1. The van der Waals surface area contributed by atoms with Crippen LogP contribution in [0.4, 0.5) is 4.39 Å². The average Bonchev–Trinajstić information content (AvgIpc) is 2.45. The molecule has 0 aliphatic carbocycles. The third-order valence-electron chi connectivity index (χ3n) is 2.85. The van der Waals surface area contributed by atoms with Crippen LogP contribution in [0, 0.1) is 5.82 Å². The first-order chi connectivity index (χ1) is 9.61. The Bertz CT molecular complexity index is 588. The van der Waals surface area contributed by atoms with Crippen molar-refractivity contribution in [1.82, 2.24) is 0 Å². The minimum absolute atomic E-state index is 0.282. The Morgan fingerprint density at radius 2 is 1.95 bits per heavy atom. The molecule has 0 N–H and O–H groups in total. The van der Waals surface area contributed by atoms with E-state index in [4.69, 9.17) is 16.3 Å². The van der Waals surface area contributed by atoms with Crippen molar-refractivity contribution in [3.8, 4) is 5.75 Å². The van der Waals surface area contributed by atoms with Crippen LogP contribution >= 0.6 is 27.5 Å². The predicted octanol–water partition coefficient (Wildman–Crippen LogP) is 5.71. The van der Waals surface area contributed by atoms with Gasteiger partial charge in [-0.2, -0.15) is 0 Å². The normalized spacial score (nSPS) is 12.2. The summed E-state index contributed by atoms with van der Waals surface area (Å²) in [6.45, 7) is 2.73. The maximum absolute atomic E-state index is 13.2. The summed E-state index contributed by atoms with van der Waals surface area (Å²) in [4.78, 5) is 0. The van der Waals surface area contributed by atoms with Crippen molar-refractivity contribution in [3.63, 3.8) is 0 Å². The van der Waals surface area contributed by atoms with Gasteiger partial charge < -0.3 is 4.74 Å². The van der Waals surface area contributed by atoms with Crippen LogP contribution in [0.5, 0.6) is 5.75 Å². The van der Waals surface area contributed by atoms with Crippen molar-refractivity contribution >= 4 is 27.5 Å². The van der Waals surface area contributed by atoms with Crippen LogP contribution in [0.15, 0.2) is 46.9 Å². The first-order valence-electron chi connectivity index (χ1n) is 6.43. The molecule has 1 unspecified atom stereocenters. The molecule has 0 saturated carbocycles. The number of benzene rings is 2. The van der Waals surface area contributed by atoms with E-state index < -0.39 is 0 Å². The van der Waals surface area contributed by atoms with Gasteiger partial charge in [0.2, 0.25) is 0 Å². The fourth-order valence-corrected chi connectivity index (χ4v) is 2.64. The van der Waals surface area contributed by atoms with Gasteiger partial charge in [0.1, 0.15) is 11.6 Å². The fourth-order valence-electron chi connectivity index (χ4n) is 1.86. The second-order valence-corrected chi connectivity index (χ2v) is 5.75. The van der Waals surface area contributed by atoms with E-state index in [9.17, 15) is 4.39 Å². The number of ether oxygens (including phenoxy) is 1. The lowest BCUT2D eigenvalue weighted by Gasteiger charge is -2.13. The van der Waals surface area contributed by atoms with Gasteiger partial charge in [0.15, 0.2) is 0 Å². The van der Waals surface area contributed by atoms with E-state index in [1.54, 1.807) is 6.07 Å². The molecule has 4 heteroatoms. The summed E-state index contributed by atoms with van der Waals surface area (Å²) in [5.74, 6) is 0.508. The van der Waals surface area contributed by atoms with Gasteiger partial charge in [-0.1, -0.05) is 25.1 Å². The molecule has 0 bridgehead atoms. The number of hydrogen-bond donors (Lipinski definition) is 0. The van der Waals surface area contributed by atoms with Gasteiger partial charge in [-0.25, -0.2) is 4.39 Å². The van der Waals surface area contributed by atoms with E-state index in [2.05, 4.69) is 22.9 Å². The Balaban J connectivity index is 2.22. The molecule has 2 rings (SSSR count). The highest BCUT2D eigenvalue weighted by Crippen LogP contribution is 2.34. The lowest BCUT2D eigenvalue weighted by molar-refractivity contribution is 0.315. The summed E-state index contributed by atoms with van der Waals surface area (Å²) in [6, 6.07) is 12.0. The molecule has 1 nitrogen and oxygen atoms in total. The molecule has 1 atom stereocenters. The lowest BCUT2D eigenvalue weighted by Crippen LogP contribution is -1.98. The Morgan fingerprint density at radius 3 is 2.60 bits per heavy atom. The number of alkyl halides is 1. The van der Waals surface area contributed by atoms with Crippen molar-refractivity contribution in [2.45, 2.75) is 18.7 Å². The van der Waals surface area contributed by atoms with Crippen LogP contribution < -0.4 is 4.74 Å². The number of rotatable bonds is 5. The van der Waals surface area contributed by atoms with Crippen molar-refractivity contribution in [2.24, 2.45) is 0 Å². The average molecular weight is 358 g/mol. The van der Waals surface area contributed by atoms with Gasteiger partial charge in [-0.3, -0.25) is 0 Å². The van der Waals surface area contributed by atoms with Crippen molar-refractivity contribution in [3.05, 3.63) is 63.9 Å². The molecule has 0 spiro atoms. The maximum Gasteiger partial charge on any atom is 0.133 e. The van der Waals surface area contributed by atoms with Gasteiger partial charge in [0.25, 0.3) is 0 Å². The van der Waals surface area contributed by atoms with E-state index in [1.807, 2.05) is 24.3 Å². The standard InChI is InChI=1S/C16H15BrClFO/c1-2-8-20-15-7-6-12(10-14(15)17)16(18)11-4-3-5-13(19)9-11/h3-7,9-10,16H,2,8H2,1H3. The molecule has 2 aromatic carbocycles. The van der Waals surface area contributed by atoms with E-state index in [0.717, 1.165) is 27.8 Å². The molecule has 0 heterocycles. The van der Waals surface area contributed by atoms with E-state index in [-0.39, 0.29) is 11.2 Å². The molecular formula is C16H15BrClFO. The van der Waals surface area contributed by atoms with Crippen molar-refractivity contribution in [1.29, 1.82) is 0 Å². The Kier molecular flexibility index (Phi) is 5.44. The Hall–Kier alpha value is -1.06. The Morgan fingerprint density at radius 1 is 1.20 bits per heavy atom. The highest BCUT2D eigenvalue weighted by Gasteiger charge is 2.13. The molecule has 0 amide bonds. The molecule has 0 radical (unpaired) electrons. The van der Waals surface area contributed by atoms with E-state index in [1.165, 1.54) is 12.1 Å². The molecule has 20 heavy (non-hydrogen) atoms. The minimum atomic E-state index is -0.387. The summed E-state index contributed by atoms with van der Waals surface area (Å²) in [7, 11) is 0. The van der Waals surface area contributed by atoms with Gasteiger partial charge in [0, 0.05) is 0 Å². The van der Waals surface area contributed by atoms with Gasteiger partial charge >= 0.3 is 0 Å². The Labute approximate surface area is 131 Å². The van der Waals surface area contributed by atoms with Crippen LogP contribution in [0.3, 0.4) is 0 Å². The summed E-state index contributed by atoms with van der Waals surface area (Å²) in [5, 5.41) is -0.387. The SMILES string of the molecule is CCCOc1ccc(C(Cl)c2cccc(F)c2)cc1Br. The van der Waals surface area contributed by atoms with Gasteiger partial charge in [-0.05, 0) is 57.7 Å². The lowest BCUT2D eigenvalue weighted by atomic mass is 10.0. The second-order valence-electron chi connectivity index (χ2n) is 4.46. The van der Waals surface area contributed by atoms with Crippen LogP contribution in [-0.4, -0.2) is 6.61 Å². The molecule has 2 aromatic rings. The van der Waals surface area contributed by atoms with Crippen LogP contribution in [-0.2, 0) is 0 Å². The van der Waals surface area contributed by atoms with Gasteiger partial charge in [0.05, 0.1) is 16.5 Å². The first kappa shape index (κ1) is 15.3. The largest absolute Gasteiger partial charge is 0.492 e. The summed E-state index contributed by atoms with van der Waals surface area (Å²) in [5.41, 5.74) is 1.63. The first-order valence-corrected chi connectivity index (χ1v) is 7.66. The third-order valence-corrected chi connectivity index (χ3v) is 3.98. The predicted molar refractivity (Wildman–Crippen MR) is 84.0 cm³/mol. The fraction of sp³-hybridized carbons (Fsp3) is 0.250. The molecule has 0 aliphatic rings. The zero-order valence-corrected chi connectivity index (χ0v) is 13.4. The summed E-state index contributed by atoms with van der Waals surface area (Å²) < 4.78 is 19.7. The second kappa shape index (κ2) is 7.09. The molecule has 106 valence electrons. The number of hydrogen-bond acceptors (Lipinski definition) is 1. The minimum Gasteiger partial charge on any atom is -0.492 e. The molecular weight excluding hydrogens is 343 g/mol. The highest BCUT2D eigenvalue weighted by molar-refractivity contribution is 9.10.